The fourth-order valence-corrected chi connectivity index (χ4v) is 3.01. The van der Waals surface area contributed by atoms with Crippen LogP contribution in [0, 0.1) is 5.92 Å². The normalized spacial score (nSPS) is 15.9. The quantitative estimate of drug-likeness (QED) is 0.802. The third kappa shape index (κ3) is 6.90. The first kappa shape index (κ1) is 19.9. The van der Waals surface area contributed by atoms with Gasteiger partial charge in [0.25, 0.3) is 0 Å². The number of benzene rings is 1. The Morgan fingerprint density at radius 2 is 1.87 bits per heavy atom. The van der Waals surface area contributed by atoms with E-state index in [-0.39, 0.29) is 18.3 Å². The summed E-state index contributed by atoms with van der Waals surface area (Å²) in [6.45, 7) is 5.81. The van der Waals surface area contributed by atoms with Crippen LogP contribution in [-0.2, 0) is 11.2 Å². The number of likely N-dealkylation sites (tertiary alicyclic amines) is 1. The second-order valence-electron chi connectivity index (χ2n) is 6.21. The number of piperidine rings is 1. The minimum atomic E-state index is 0. The van der Waals surface area contributed by atoms with E-state index in [1.807, 2.05) is 19.2 Å². The Labute approximate surface area is 146 Å². The first-order valence-corrected chi connectivity index (χ1v) is 8.47. The van der Waals surface area contributed by atoms with Crippen molar-refractivity contribution < 1.29 is 4.79 Å². The molecule has 0 unspecified atom stereocenters. The Bertz CT molecular complexity index is 456. The van der Waals surface area contributed by atoms with Crippen LogP contribution < -0.4 is 10.6 Å². The van der Waals surface area contributed by atoms with E-state index in [1.165, 1.54) is 24.8 Å². The number of halogens is 1. The third-order valence-corrected chi connectivity index (χ3v) is 4.52. The molecule has 130 valence electrons. The SMILES string of the molecule is CCc1ccc(NC(=O)CN2CCC(CCNC)CC2)cc1.Cl. The highest BCUT2D eigenvalue weighted by Crippen LogP contribution is 2.19. The van der Waals surface area contributed by atoms with Crippen molar-refractivity contribution in [1.29, 1.82) is 0 Å². The van der Waals surface area contributed by atoms with Crippen molar-refractivity contribution in [2.75, 3.05) is 38.5 Å². The highest BCUT2D eigenvalue weighted by atomic mass is 35.5. The molecule has 1 fully saturated rings. The van der Waals surface area contributed by atoms with Crippen molar-refractivity contribution in [3.63, 3.8) is 0 Å². The molecule has 0 aliphatic carbocycles. The molecule has 0 atom stereocenters. The lowest BCUT2D eigenvalue weighted by Gasteiger charge is -2.31. The van der Waals surface area contributed by atoms with Crippen LogP contribution in [0.5, 0.6) is 0 Å². The number of hydrogen-bond donors (Lipinski definition) is 2. The number of nitrogens with one attached hydrogen (secondary N) is 2. The molecule has 0 spiro atoms. The number of amides is 1. The molecule has 5 heteroatoms. The third-order valence-electron chi connectivity index (χ3n) is 4.52. The van der Waals surface area contributed by atoms with Gasteiger partial charge in [-0.15, -0.1) is 12.4 Å². The van der Waals surface area contributed by atoms with Crippen molar-refractivity contribution in [3.05, 3.63) is 29.8 Å². The molecule has 4 nitrogen and oxygen atoms in total. The van der Waals surface area contributed by atoms with Crippen molar-refractivity contribution in [3.8, 4) is 0 Å². The van der Waals surface area contributed by atoms with Crippen LogP contribution in [0.3, 0.4) is 0 Å². The molecule has 0 saturated carbocycles. The number of carbonyl (C=O) groups excluding carboxylic acids is 1. The molecule has 23 heavy (non-hydrogen) atoms. The summed E-state index contributed by atoms with van der Waals surface area (Å²) >= 11 is 0. The van der Waals surface area contributed by atoms with Gasteiger partial charge in [0.2, 0.25) is 5.91 Å². The predicted molar refractivity (Wildman–Crippen MR) is 99.4 cm³/mol. The largest absolute Gasteiger partial charge is 0.325 e. The molecule has 1 saturated heterocycles. The van der Waals surface area contributed by atoms with Crippen LogP contribution >= 0.6 is 12.4 Å². The second kappa shape index (κ2) is 10.6. The van der Waals surface area contributed by atoms with Gasteiger partial charge in [-0.2, -0.15) is 0 Å². The number of nitrogens with zero attached hydrogens (tertiary/aromatic N) is 1. The summed E-state index contributed by atoms with van der Waals surface area (Å²) < 4.78 is 0. The monoisotopic (exact) mass is 339 g/mol. The lowest BCUT2D eigenvalue weighted by atomic mass is 9.93. The molecule has 0 radical (unpaired) electrons. The summed E-state index contributed by atoms with van der Waals surface area (Å²) in [5, 5.41) is 6.21. The first-order chi connectivity index (χ1) is 10.7. The van der Waals surface area contributed by atoms with Crippen LogP contribution in [0.4, 0.5) is 5.69 Å². The molecule has 0 aromatic heterocycles. The van der Waals surface area contributed by atoms with Gasteiger partial charge in [-0.05, 0) is 76.0 Å². The van der Waals surface area contributed by atoms with Crippen LogP contribution in [-0.4, -0.2) is 44.0 Å². The highest BCUT2D eigenvalue weighted by molar-refractivity contribution is 5.92. The standard InChI is InChI=1S/C18H29N3O.ClH/c1-3-15-4-6-17(7-5-15)20-18(22)14-21-12-9-16(10-13-21)8-11-19-2;/h4-7,16,19H,3,8-14H2,1-2H3,(H,20,22);1H. The molecule has 1 aliphatic rings. The Morgan fingerprint density at radius 1 is 1.22 bits per heavy atom. The zero-order valence-electron chi connectivity index (χ0n) is 14.3. The van der Waals surface area contributed by atoms with Gasteiger partial charge in [0, 0.05) is 5.69 Å². The Kier molecular flexibility index (Phi) is 9.22. The highest BCUT2D eigenvalue weighted by Gasteiger charge is 2.20. The lowest BCUT2D eigenvalue weighted by molar-refractivity contribution is -0.117. The molecule has 1 aromatic carbocycles. The minimum absolute atomic E-state index is 0. The zero-order chi connectivity index (χ0) is 15.8. The number of carbonyl (C=O) groups is 1. The topological polar surface area (TPSA) is 44.4 Å². The second-order valence-corrected chi connectivity index (χ2v) is 6.21. The van der Waals surface area contributed by atoms with E-state index >= 15 is 0 Å². The van der Waals surface area contributed by atoms with Gasteiger partial charge in [-0.1, -0.05) is 19.1 Å². The molecule has 1 aliphatic heterocycles. The van der Waals surface area contributed by atoms with E-state index in [0.717, 1.165) is 37.7 Å². The molecule has 1 aromatic rings. The summed E-state index contributed by atoms with van der Waals surface area (Å²) in [6, 6.07) is 8.12. The number of rotatable bonds is 7. The molecule has 1 amide bonds. The summed E-state index contributed by atoms with van der Waals surface area (Å²) in [6.07, 6.45) is 4.69. The molecule has 2 rings (SSSR count). The maximum Gasteiger partial charge on any atom is 0.238 e. The average Bonchev–Trinajstić information content (AvgIpc) is 2.55. The van der Waals surface area contributed by atoms with Crippen molar-refractivity contribution >= 4 is 24.0 Å². The van der Waals surface area contributed by atoms with Crippen LogP contribution in [0.2, 0.25) is 0 Å². The van der Waals surface area contributed by atoms with Crippen molar-refractivity contribution in [2.24, 2.45) is 5.92 Å². The van der Waals surface area contributed by atoms with Crippen LogP contribution in [0.1, 0.15) is 31.7 Å². The van der Waals surface area contributed by atoms with Gasteiger partial charge in [-0.3, -0.25) is 9.69 Å². The van der Waals surface area contributed by atoms with Crippen LogP contribution in [0.15, 0.2) is 24.3 Å². The fraction of sp³-hybridized carbons (Fsp3) is 0.611. The summed E-state index contributed by atoms with van der Waals surface area (Å²) in [5.74, 6) is 0.909. The van der Waals surface area contributed by atoms with E-state index in [9.17, 15) is 4.79 Å². The van der Waals surface area contributed by atoms with E-state index in [4.69, 9.17) is 0 Å². The van der Waals surface area contributed by atoms with Gasteiger partial charge in [0.05, 0.1) is 6.54 Å². The summed E-state index contributed by atoms with van der Waals surface area (Å²) in [5.41, 5.74) is 2.19. The average molecular weight is 340 g/mol. The predicted octanol–water partition coefficient (Wildman–Crippen LogP) is 2.93. The van der Waals surface area contributed by atoms with Crippen LogP contribution in [0.25, 0.3) is 0 Å². The molecular formula is C18H30ClN3O. The molecule has 1 heterocycles. The summed E-state index contributed by atoms with van der Waals surface area (Å²) in [4.78, 5) is 14.4. The maximum absolute atomic E-state index is 12.1. The first-order valence-electron chi connectivity index (χ1n) is 8.47. The van der Waals surface area contributed by atoms with Gasteiger partial charge in [0.15, 0.2) is 0 Å². The van der Waals surface area contributed by atoms with Gasteiger partial charge in [0.1, 0.15) is 0 Å². The smallest absolute Gasteiger partial charge is 0.238 e. The fourth-order valence-electron chi connectivity index (χ4n) is 3.01. The lowest BCUT2D eigenvalue weighted by Crippen LogP contribution is -2.39. The molecular weight excluding hydrogens is 310 g/mol. The zero-order valence-corrected chi connectivity index (χ0v) is 15.1. The molecule has 2 N–H and O–H groups in total. The van der Waals surface area contributed by atoms with E-state index in [2.05, 4.69) is 34.6 Å². The maximum atomic E-state index is 12.1. The minimum Gasteiger partial charge on any atom is -0.325 e. The van der Waals surface area contributed by atoms with Gasteiger partial charge >= 0.3 is 0 Å². The number of anilines is 1. The van der Waals surface area contributed by atoms with Gasteiger partial charge in [-0.25, -0.2) is 0 Å². The summed E-state index contributed by atoms with van der Waals surface area (Å²) in [7, 11) is 2.01. The number of aryl methyl sites for hydroxylation is 1. The van der Waals surface area contributed by atoms with E-state index < -0.39 is 0 Å². The van der Waals surface area contributed by atoms with E-state index in [0.29, 0.717) is 6.54 Å². The van der Waals surface area contributed by atoms with Crippen molar-refractivity contribution in [2.45, 2.75) is 32.6 Å². The van der Waals surface area contributed by atoms with Crippen molar-refractivity contribution in [1.82, 2.24) is 10.2 Å². The Hall–Kier alpha value is -1.10. The molecule has 0 bridgehead atoms. The van der Waals surface area contributed by atoms with Gasteiger partial charge < -0.3 is 10.6 Å². The Morgan fingerprint density at radius 3 is 2.43 bits per heavy atom. The number of hydrogen-bond acceptors (Lipinski definition) is 3. The van der Waals surface area contributed by atoms with E-state index in [1.54, 1.807) is 0 Å². The Balaban J connectivity index is 0.00000264.